The number of methoxy groups -OCH3 is 1. The molecule has 6 nitrogen and oxygen atoms in total. The van der Waals surface area contributed by atoms with Gasteiger partial charge in [0.1, 0.15) is 5.75 Å². The van der Waals surface area contributed by atoms with E-state index in [2.05, 4.69) is 10.0 Å². The molecule has 0 aliphatic heterocycles. The summed E-state index contributed by atoms with van der Waals surface area (Å²) in [5.74, 6) is 2.56. The van der Waals surface area contributed by atoms with Crippen molar-refractivity contribution in [1.82, 2.24) is 0 Å². The Balaban J connectivity index is 1.45. The molecule has 0 aromatic heterocycles. The van der Waals surface area contributed by atoms with Crippen molar-refractivity contribution in [3.05, 3.63) is 48.0 Å². The molecule has 2 aromatic rings. The van der Waals surface area contributed by atoms with E-state index in [1.54, 1.807) is 50.4 Å². The average molecular weight is 429 g/mol. The predicted molar refractivity (Wildman–Crippen MR) is 117 cm³/mol. The van der Waals surface area contributed by atoms with Gasteiger partial charge < -0.3 is 10.1 Å². The first-order chi connectivity index (χ1) is 14.3. The Labute approximate surface area is 178 Å². The number of aryl methyl sites for hydroxylation is 1. The zero-order valence-electron chi connectivity index (χ0n) is 17.4. The van der Waals surface area contributed by atoms with E-state index in [4.69, 9.17) is 4.74 Å². The number of carbonyl (C=O) groups excluding carboxylic acids is 1. The maximum absolute atomic E-state index is 12.9. The Kier molecular flexibility index (Phi) is 5.73. The summed E-state index contributed by atoms with van der Waals surface area (Å²) in [7, 11) is -2.24. The lowest BCUT2D eigenvalue weighted by Crippen LogP contribution is -2.21. The molecule has 0 radical (unpaired) electrons. The first-order valence-electron chi connectivity index (χ1n) is 10.4. The number of sulfonamides is 1. The van der Waals surface area contributed by atoms with Crippen LogP contribution in [-0.4, -0.2) is 21.4 Å². The minimum atomic E-state index is -3.79. The average Bonchev–Trinajstić information content (AvgIpc) is 3.33. The van der Waals surface area contributed by atoms with E-state index in [0.717, 1.165) is 12.3 Å². The van der Waals surface area contributed by atoms with Crippen LogP contribution < -0.4 is 14.8 Å². The Hall–Kier alpha value is -2.54. The van der Waals surface area contributed by atoms with Crippen LogP contribution in [0.25, 0.3) is 0 Å². The highest BCUT2D eigenvalue weighted by Gasteiger charge is 2.40. The summed E-state index contributed by atoms with van der Waals surface area (Å²) in [6.07, 6.45) is 5.48. The van der Waals surface area contributed by atoms with E-state index in [1.807, 2.05) is 0 Å². The van der Waals surface area contributed by atoms with Gasteiger partial charge in [0.2, 0.25) is 5.91 Å². The van der Waals surface area contributed by atoms with Crippen molar-refractivity contribution in [3.63, 3.8) is 0 Å². The summed E-state index contributed by atoms with van der Waals surface area (Å²) in [5, 5.41) is 2.90. The fourth-order valence-electron chi connectivity index (χ4n) is 4.91. The molecule has 2 aromatic carbocycles. The molecule has 2 bridgehead atoms. The van der Waals surface area contributed by atoms with Gasteiger partial charge in [-0.2, -0.15) is 0 Å². The van der Waals surface area contributed by atoms with E-state index in [0.29, 0.717) is 40.9 Å². The highest BCUT2D eigenvalue weighted by Crippen LogP contribution is 2.49. The molecule has 3 atom stereocenters. The molecule has 2 aliphatic rings. The lowest BCUT2D eigenvalue weighted by molar-refractivity contribution is -0.117. The Morgan fingerprint density at radius 2 is 1.80 bits per heavy atom. The van der Waals surface area contributed by atoms with Crippen molar-refractivity contribution < 1.29 is 17.9 Å². The van der Waals surface area contributed by atoms with Crippen LogP contribution in [0, 0.1) is 24.7 Å². The number of benzene rings is 2. The SMILES string of the molecule is COc1ccc(NS(=O)(=O)c2cc(NC(=O)C[C@@H]3C[C@H]4CC[C@H]3C4)ccc2C)cc1. The first-order valence-corrected chi connectivity index (χ1v) is 11.9. The van der Waals surface area contributed by atoms with Crippen molar-refractivity contribution in [3.8, 4) is 5.75 Å². The van der Waals surface area contributed by atoms with Gasteiger partial charge in [0.05, 0.1) is 12.0 Å². The van der Waals surface area contributed by atoms with Crippen LogP contribution >= 0.6 is 0 Å². The zero-order valence-corrected chi connectivity index (χ0v) is 18.2. The summed E-state index contributed by atoms with van der Waals surface area (Å²) < 4.78 is 33.5. The summed E-state index contributed by atoms with van der Waals surface area (Å²) in [4.78, 5) is 12.7. The fraction of sp³-hybridized carbons (Fsp3) is 0.435. The van der Waals surface area contributed by atoms with Crippen molar-refractivity contribution in [1.29, 1.82) is 0 Å². The number of nitrogens with one attached hydrogen (secondary N) is 2. The minimum absolute atomic E-state index is 0.0390. The van der Waals surface area contributed by atoms with Crippen LogP contribution in [0.5, 0.6) is 5.75 Å². The third kappa shape index (κ3) is 4.46. The van der Waals surface area contributed by atoms with Crippen molar-refractivity contribution in [2.45, 2.75) is 43.9 Å². The van der Waals surface area contributed by atoms with Gasteiger partial charge in [-0.15, -0.1) is 0 Å². The monoisotopic (exact) mass is 428 g/mol. The third-order valence-electron chi connectivity index (χ3n) is 6.44. The molecule has 4 rings (SSSR count). The summed E-state index contributed by atoms with van der Waals surface area (Å²) in [5.41, 5.74) is 1.56. The molecule has 0 heterocycles. The van der Waals surface area contributed by atoms with Gasteiger partial charge in [0, 0.05) is 17.8 Å². The van der Waals surface area contributed by atoms with E-state index in [9.17, 15) is 13.2 Å². The summed E-state index contributed by atoms with van der Waals surface area (Å²) in [6, 6.07) is 11.7. The first kappa shape index (κ1) is 20.7. The van der Waals surface area contributed by atoms with Gasteiger partial charge in [0.25, 0.3) is 10.0 Å². The number of rotatable bonds is 7. The van der Waals surface area contributed by atoms with Crippen LogP contribution in [0.3, 0.4) is 0 Å². The highest BCUT2D eigenvalue weighted by molar-refractivity contribution is 7.92. The Morgan fingerprint density at radius 3 is 2.43 bits per heavy atom. The van der Waals surface area contributed by atoms with Crippen LogP contribution in [0.1, 0.15) is 37.7 Å². The number of carbonyl (C=O) groups is 1. The summed E-state index contributed by atoms with van der Waals surface area (Å²) >= 11 is 0. The number of amides is 1. The summed E-state index contributed by atoms with van der Waals surface area (Å²) in [6.45, 7) is 1.74. The second-order valence-electron chi connectivity index (χ2n) is 8.50. The molecular formula is C23H28N2O4S. The van der Waals surface area contributed by atoms with Gasteiger partial charge in [-0.3, -0.25) is 9.52 Å². The number of hydrogen-bond donors (Lipinski definition) is 2. The number of hydrogen-bond acceptors (Lipinski definition) is 4. The normalized spacial score (nSPS) is 22.7. The lowest BCUT2D eigenvalue weighted by atomic mass is 9.86. The van der Waals surface area contributed by atoms with E-state index in [1.165, 1.54) is 25.3 Å². The van der Waals surface area contributed by atoms with E-state index >= 15 is 0 Å². The van der Waals surface area contributed by atoms with Crippen LogP contribution in [0.15, 0.2) is 47.4 Å². The van der Waals surface area contributed by atoms with Crippen molar-refractivity contribution in [2.24, 2.45) is 17.8 Å². The lowest BCUT2D eigenvalue weighted by Gasteiger charge is -2.21. The largest absolute Gasteiger partial charge is 0.497 e. The molecule has 2 N–H and O–H groups in total. The van der Waals surface area contributed by atoms with E-state index < -0.39 is 10.0 Å². The van der Waals surface area contributed by atoms with Crippen LogP contribution in [0.2, 0.25) is 0 Å². The number of anilines is 2. The Morgan fingerprint density at radius 1 is 1.07 bits per heavy atom. The standard InChI is InChI=1S/C23H28N2O4S/c1-15-3-6-20(24-23(26)13-18-12-16-4-5-17(18)11-16)14-22(15)30(27,28)25-19-7-9-21(29-2)10-8-19/h3,6-10,14,16-18,25H,4-5,11-13H2,1-2H3,(H,24,26)/t16-,17-,18-/m0/s1. The number of fused-ring (bicyclic) bond motifs is 2. The maximum Gasteiger partial charge on any atom is 0.262 e. The van der Waals surface area contributed by atoms with Gasteiger partial charge in [-0.1, -0.05) is 12.5 Å². The molecule has 160 valence electrons. The second-order valence-corrected chi connectivity index (χ2v) is 10.2. The molecule has 2 aliphatic carbocycles. The predicted octanol–water partition coefficient (Wildman–Crippen LogP) is 4.57. The molecule has 0 spiro atoms. The van der Waals surface area contributed by atoms with Crippen LogP contribution in [-0.2, 0) is 14.8 Å². The highest BCUT2D eigenvalue weighted by atomic mass is 32.2. The third-order valence-corrected chi connectivity index (χ3v) is 7.96. The van der Waals surface area contributed by atoms with Crippen molar-refractivity contribution in [2.75, 3.05) is 17.1 Å². The molecular weight excluding hydrogens is 400 g/mol. The number of ether oxygens (including phenoxy) is 1. The molecule has 7 heteroatoms. The molecule has 30 heavy (non-hydrogen) atoms. The molecule has 0 saturated heterocycles. The molecule has 1 amide bonds. The van der Waals surface area contributed by atoms with Gasteiger partial charge >= 0.3 is 0 Å². The minimum Gasteiger partial charge on any atom is -0.497 e. The van der Waals surface area contributed by atoms with Gasteiger partial charge in [-0.05, 0) is 85.9 Å². The molecule has 2 saturated carbocycles. The smallest absolute Gasteiger partial charge is 0.262 e. The van der Waals surface area contributed by atoms with Gasteiger partial charge in [-0.25, -0.2) is 8.42 Å². The zero-order chi connectivity index (χ0) is 21.3. The topological polar surface area (TPSA) is 84.5 Å². The maximum atomic E-state index is 12.9. The fourth-order valence-corrected chi connectivity index (χ4v) is 6.24. The molecule has 0 unspecified atom stereocenters. The van der Waals surface area contributed by atoms with Crippen LogP contribution in [0.4, 0.5) is 11.4 Å². The van der Waals surface area contributed by atoms with E-state index in [-0.39, 0.29) is 10.8 Å². The quantitative estimate of drug-likeness (QED) is 0.677. The Bertz CT molecular complexity index is 1030. The second kappa shape index (κ2) is 8.30. The van der Waals surface area contributed by atoms with Gasteiger partial charge in [0.15, 0.2) is 0 Å². The van der Waals surface area contributed by atoms with Crippen molar-refractivity contribution >= 4 is 27.3 Å². The molecule has 2 fully saturated rings.